The number of aromatic nitrogens is 2. The van der Waals surface area contributed by atoms with Crippen molar-refractivity contribution in [1.29, 1.82) is 0 Å². The zero-order valence-electron chi connectivity index (χ0n) is 12.1. The van der Waals surface area contributed by atoms with E-state index in [0.29, 0.717) is 6.54 Å². The van der Waals surface area contributed by atoms with E-state index in [4.69, 9.17) is 5.73 Å². The van der Waals surface area contributed by atoms with Crippen molar-refractivity contribution in [1.82, 2.24) is 20.0 Å². The van der Waals surface area contributed by atoms with Crippen LogP contribution in [0.15, 0.2) is 18.5 Å². The zero-order valence-corrected chi connectivity index (χ0v) is 12.1. The summed E-state index contributed by atoms with van der Waals surface area (Å²) in [7, 11) is 0. The van der Waals surface area contributed by atoms with Gasteiger partial charge in [0.2, 0.25) is 11.8 Å². The van der Waals surface area contributed by atoms with Crippen LogP contribution in [0.3, 0.4) is 0 Å². The molecular formula is C13H23N5O2. The van der Waals surface area contributed by atoms with E-state index in [-0.39, 0.29) is 25.0 Å². The summed E-state index contributed by atoms with van der Waals surface area (Å²) in [5.41, 5.74) is 5.16. The minimum atomic E-state index is -0.426. The molecule has 2 amide bonds. The molecule has 0 saturated carbocycles. The molecule has 20 heavy (non-hydrogen) atoms. The molecule has 0 spiro atoms. The van der Waals surface area contributed by atoms with E-state index < -0.39 is 5.91 Å². The van der Waals surface area contributed by atoms with E-state index in [1.165, 1.54) is 0 Å². The molecule has 0 atom stereocenters. The summed E-state index contributed by atoms with van der Waals surface area (Å²) >= 11 is 0. The predicted octanol–water partition coefficient (Wildman–Crippen LogP) is -0.415. The number of carbonyl (C=O) groups excluding carboxylic acids is 2. The second-order valence-electron chi connectivity index (χ2n) is 4.94. The highest BCUT2D eigenvalue weighted by Crippen LogP contribution is 1.96. The second-order valence-corrected chi connectivity index (χ2v) is 4.94. The lowest BCUT2D eigenvalue weighted by molar-refractivity contribution is -0.124. The fraction of sp³-hybridized carbons (Fsp3) is 0.615. The summed E-state index contributed by atoms with van der Waals surface area (Å²) in [5, 5.41) is 6.91. The molecule has 0 aliphatic carbocycles. The van der Waals surface area contributed by atoms with Crippen LogP contribution in [-0.4, -0.2) is 52.2 Å². The lowest BCUT2D eigenvalue weighted by Gasteiger charge is -2.24. The molecule has 0 saturated heterocycles. The largest absolute Gasteiger partial charge is 0.369 e. The number of nitrogens with one attached hydrogen (secondary N) is 1. The molecule has 1 rings (SSSR count). The fourth-order valence-electron chi connectivity index (χ4n) is 1.76. The van der Waals surface area contributed by atoms with Crippen LogP contribution in [0.25, 0.3) is 0 Å². The molecule has 0 aliphatic heterocycles. The smallest absolute Gasteiger partial charge is 0.234 e. The van der Waals surface area contributed by atoms with Gasteiger partial charge in [0.25, 0.3) is 0 Å². The molecule has 0 unspecified atom stereocenters. The number of carbonyl (C=O) groups is 2. The number of hydrogen-bond donors (Lipinski definition) is 2. The maximum absolute atomic E-state index is 11.8. The molecule has 112 valence electrons. The van der Waals surface area contributed by atoms with Gasteiger partial charge in [-0.15, -0.1) is 0 Å². The summed E-state index contributed by atoms with van der Waals surface area (Å²) in [6.45, 7) is 5.48. The van der Waals surface area contributed by atoms with E-state index in [9.17, 15) is 9.59 Å². The Hall–Kier alpha value is -1.89. The Balaban J connectivity index is 2.22. The number of rotatable bonds is 9. The minimum absolute atomic E-state index is 0.0947. The van der Waals surface area contributed by atoms with Gasteiger partial charge in [0.1, 0.15) is 0 Å². The van der Waals surface area contributed by atoms with Crippen LogP contribution < -0.4 is 11.1 Å². The Bertz CT molecular complexity index is 416. The lowest BCUT2D eigenvalue weighted by atomic mass is 10.3. The quantitative estimate of drug-likeness (QED) is 0.601. The van der Waals surface area contributed by atoms with Crippen molar-refractivity contribution in [3.8, 4) is 0 Å². The van der Waals surface area contributed by atoms with Gasteiger partial charge >= 0.3 is 0 Å². The number of aryl methyl sites for hydroxylation is 1. The maximum Gasteiger partial charge on any atom is 0.234 e. The number of nitrogens with two attached hydrogens (primary N) is 1. The van der Waals surface area contributed by atoms with Crippen LogP contribution in [0.4, 0.5) is 0 Å². The van der Waals surface area contributed by atoms with Crippen molar-refractivity contribution in [2.45, 2.75) is 32.9 Å². The molecule has 1 heterocycles. The predicted molar refractivity (Wildman–Crippen MR) is 75.8 cm³/mol. The number of primary amides is 1. The molecule has 1 aromatic rings. The molecule has 0 radical (unpaired) electrons. The van der Waals surface area contributed by atoms with E-state index in [2.05, 4.69) is 10.4 Å². The molecule has 7 heteroatoms. The van der Waals surface area contributed by atoms with Crippen LogP contribution in [0, 0.1) is 0 Å². The fourth-order valence-corrected chi connectivity index (χ4v) is 1.76. The van der Waals surface area contributed by atoms with Gasteiger partial charge in [-0.2, -0.15) is 5.10 Å². The summed E-state index contributed by atoms with van der Waals surface area (Å²) in [5.74, 6) is -0.523. The Morgan fingerprint density at radius 2 is 2.15 bits per heavy atom. The molecule has 7 nitrogen and oxygen atoms in total. The average Bonchev–Trinajstić information content (AvgIpc) is 2.86. The van der Waals surface area contributed by atoms with Crippen LogP contribution in [0.5, 0.6) is 0 Å². The Kier molecular flexibility index (Phi) is 6.72. The zero-order chi connectivity index (χ0) is 15.0. The highest BCUT2D eigenvalue weighted by Gasteiger charge is 2.15. The van der Waals surface area contributed by atoms with Crippen molar-refractivity contribution >= 4 is 11.8 Å². The van der Waals surface area contributed by atoms with Crippen molar-refractivity contribution in [3.05, 3.63) is 18.5 Å². The first-order valence-electron chi connectivity index (χ1n) is 6.75. The maximum atomic E-state index is 11.8. The van der Waals surface area contributed by atoms with Gasteiger partial charge in [-0.05, 0) is 26.3 Å². The molecule has 0 bridgehead atoms. The summed E-state index contributed by atoms with van der Waals surface area (Å²) < 4.78 is 1.82. The van der Waals surface area contributed by atoms with Crippen molar-refractivity contribution < 1.29 is 9.59 Å². The standard InChI is InChI=1S/C13H23N5O2/c1-11(2)17(9-12(14)19)10-13(20)15-5-3-7-18-8-4-6-16-18/h4,6,8,11H,3,5,7,9-10H2,1-2H3,(H2,14,19)(H,15,20). The SMILES string of the molecule is CC(C)N(CC(N)=O)CC(=O)NCCCn1cccn1. The third-order valence-electron chi connectivity index (χ3n) is 2.88. The number of nitrogens with zero attached hydrogens (tertiary/aromatic N) is 3. The van der Waals surface area contributed by atoms with E-state index in [1.54, 1.807) is 11.1 Å². The topological polar surface area (TPSA) is 93.2 Å². The van der Waals surface area contributed by atoms with Gasteiger partial charge < -0.3 is 11.1 Å². The molecular weight excluding hydrogens is 258 g/mol. The number of amides is 2. The third-order valence-corrected chi connectivity index (χ3v) is 2.88. The second kappa shape index (κ2) is 8.31. The minimum Gasteiger partial charge on any atom is -0.369 e. The Morgan fingerprint density at radius 1 is 1.40 bits per heavy atom. The van der Waals surface area contributed by atoms with Crippen LogP contribution in [0.2, 0.25) is 0 Å². The Morgan fingerprint density at radius 3 is 2.70 bits per heavy atom. The highest BCUT2D eigenvalue weighted by molar-refractivity contribution is 5.80. The van der Waals surface area contributed by atoms with Crippen molar-refractivity contribution in [2.24, 2.45) is 5.73 Å². The van der Waals surface area contributed by atoms with Gasteiger partial charge in [-0.25, -0.2) is 0 Å². The summed E-state index contributed by atoms with van der Waals surface area (Å²) in [6, 6.07) is 1.96. The summed E-state index contributed by atoms with van der Waals surface area (Å²) in [4.78, 5) is 24.4. The first kappa shape index (κ1) is 16.2. The lowest BCUT2D eigenvalue weighted by Crippen LogP contribution is -2.45. The monoisotopic (exact) mass is 281 g/mol. The van der Waals surface area contributed by atoms with E-state index >= 15 is 0 Å². The van der Waals surface area contributed by atoms with Crippen LogP contribution >= 0.6 is 0 Å². The van der Waals surface area contributed by atoms with Crippen LogP contribution in [-0.2, 0) is 16.1 Å². The van der Waals surface area contributed by atoms with Crippen LogP contribution in [0.1, 0.15) is 20.3 Å². The number of hydrogen-bond acceptors (Lipinski definition) is 4. The first-order valence-corrected chi connectivity index (χ1v) is 6.75. The molecule has 0 fully saturated rings. The van der Waals surface area contributed by atoms with E-state index in [1.807, 2.05) is 30.8 Å². The third kappa shape index (κ3) is 6.33. The normalized spacial score (nSPS) is 11.0. The molecule has 1 aromatic heterocycles. The van der Waals surface area contributed by atoms with Gasteiger partial charge in [0, 0.05) is 31.5 Å². The average molecular weight is 281 g/mol. The van der Waals surface area contributed by atoms with Crippen molar-refractivity contribution in [3.63, 3.8) is 0 Å². The summed E-state index contributed by atoms with van der Waals surface area (Å²) in [6.07, 6.45) is 4.42. The molecule has 3 N–H and O–H groups in total. The molecule has 0 aliphatic rings. The van der Waals surface area contributed by atoms with Crippen molar-refractivity contribution in [2.75, 3.05) is 19.6 Å². The van der Waals surface area contributed by atoms with Gasteiger partial charge in [0.15, 0.2) is 0 Å². The first-order chi connectivity index (χ1) is 9.49. The van der Waals surface area contributed by atoms with Gasteiger partial charge in [0.05, 0.1) is 13.1 Å². The van der Waals surface area contributed by atoms with E-state index in [0.717, 1.165) is 13.0 Å². The molecule has 0 aromatic carbocycles. The Labute approximate surface area is 119 Å². The highest BCUT2D eigenvalue weighted by atomic mass is 16.2. The van der Waals surface area contributed by atoms with Gasteiger partial charge in [-0.3, -0.25) is 19.2 Å². The van der Waals surface area contributed by atoms with Gasteiger partial charge in [-0.1, -0.05) is 0 Å².